The third-order valence-corrected chi connectivity index (χ3v) is 3.31. The van der Waals surface area contributed by atoms with E-state index >= 15 is 0 Å². The maximum atomic E-state index is 12.8. The van der Waals surface area contributed by atoms with Crippen molar-refractivity contribution in [2.24, 2.45) is 0 Å². The van der Waals surface area contributed by atoms with Crippen molar-refractivity contribution in [3.8, 4) is 0 Å². The zero-order valence-corrected chi connectivity index (χ0v) is 10.5. The summed E-state index contributed by atoms with van der Waals surface area (Å²) in [5.41, 5.74) is 1.22. The molecule has 2 rings (SSSR count). The maximum absolute atomic E-state index is 12.8. The van der Waals surface area contributed by atoms with E-state index in [1.807, 2.05) is 12.1 Å². The summed E-state index contributed by atoms with van der Waals surface area (Å²) in [4.78, 5) is 2.49. The third kappa shape index (κ3) is 4.10. The van der Waals surface area contributed by atoms with Crippen LogP contribution in [0.25, 0.3) is 0 Å². The van der Waals surface area contributed by atoms with Gasteiger partial charge in [0.2, 0.25) is 0 Å². The first-order valence-corrected chi connectivity index (χ1v) is 6.44. The van der Waals surface area contributed by atoms with Crippen molar-refractivity contribution < 1.29 is 4.39 Å². The fourth-order valence-corrected chi connectivity index (χ4v) is 2.34. The van der Waals surface area contributed by atoms with E-state index < -0.39 is 0 Å². The quantitative estimate of drug-likeness (QED) is 0.864. The molecular formula is C14H21FN2. The lowest BCUT2D eigenvalue weighted by Gasteiger charge is -2.22. The van der Waals surface area contributed by atoms with Gasteiger partial charge in [-0.15, -0.1) is 0 Å². The van der Waals surface area contributed by atoms with Gasteiger partial charge in [-0.3, -0.25) is 0 Å². The van der Waals surface area contributed by atoms with Crippen LogP contribution < -0.4 is 5.32 Å². The maximum Gasteiger partial charge on any atom is 0.123 e. The van der Waals surface area contributed by atoms with Gasteiger partial charge >= 0.3 is 0 Å². The van der Waals surface area contributed by atoms with Gasteiger partial charge in [-0.05, 0) is 50.6 Å². The van der Waals surface area contributed by atoms with Gasteiger partial charge in [-0.1, -0.05) is 12.1 Å². The lowest BCUT2D eigenvalue weighted by Crippen LogP contribution is -2.36. The van der Waals surface area contributed by atoms with Crippen LogP contribution >= 0.6 is 0 Å². The Kier molecular flexibility index (Phi) is 4.51. The molecule has 94 valence electrons. The largest absolute Gasteiger partial charge is 0.313 e. The van der Waals surface area contributed by atoms with Gasteiger partial charge in [0.15, 0.2) is 0 Å². The highest BCUT2D eigenvalue weighted by Crippen LogP contribution is 2.06. The van der Waals surface area contributed by atoms with Crippen molar-refractivity contribution in [2.45, 2.75) is 25.8 Å². The molecule has 1 aliphatic rings. The summed E-state index contributed by atoms with van der Waals surface area (Å²) in [6.45, 7) is 6.70. The van der Waals surface area contributed by atoms with Gasteiger partial charge in [-0.2, -0.15) is 0 Å². The third-order valence-electron chi connectivity index (χ3n) is 3.31. The highest BCUT2D eigenvalue weighted by atomic mass is 19.1. The average Bonchev–Trinajstić information content (AvgIpc) is 2.53. The highest BCUT2D eigenvalue weighted by Gasteiger charge is 2.13. The van der Waals surface area contributed by atoms with Crippen molar-refractivity contribution in [1.82, 2.24) is 10.2 Å². The van der Waals surface area contributed by atoms with E-state index in [-0.39, 0.29) is 5.82 Å². The van der Waals surface area contributed by atoms with E-state index in [0.29, 0.717) is 6.04 Å². The second-order valence-electron chi connectivity index (χ2n) is 4.89. The molecule has 1 fully saturated rings. The molecule has 1 N–H and O–H groups in total. The molecule has 0 saturated carbocycles. The fourth-order valence-electron chi connectivity index (χ4n) is 2.34. The summed E-state index contributed by atoms with van der Waals surface area (Å²) in [5.74, 6) is -0.152. The average molecular weight is 236 g/mol. The molecule has 0 amide bonds. The van der Waals surface area contributed by atoms with Crippen molar-refractivity contribution in [3.05, 3.63) is 35.6 Å². The molecule has 1 atom stereocenters. The van der Waals surface area contributed by atoms with Gasteiger partial charge < -0.3 is 10.2 Å². The van der Waals surface area contributed by atoms with E-state index in [0.717, 1.165) is 26.1 Å². The molecule has 0 bridgehead atoms. The summed E-state index contributed by atoms with van der Waals surface area (Å²) < 4.78 is 12.8. The smallest absolute Gasteiger partial charge is 0.123 e. The number of hydrogen-bond acceptors (Lipinski definition) is 2. The summed E-state index contributed by atoms with van der Waals surface area (Å²) >= 11 is 0. The number of nitrogens with one attached hydrogen (secondary N) is 1. The Bertz CT molecular complexity index is 337. The summed E-state index contributed by atoms with van der Waals surface area (Å²) in [7, 11) is 0. The predicted molar refractivity (Wildman–Crippen MR) is 68.6 cm³/mol. The Morgan fingerprint density at radius 2 is 2.12 bits per heavy atom. The Hall–Kier alpha value is -0.930. The van der Waals surface area contributed by atoms with Crippen LogP contribution in [0.15, 0.2) is 24.3 Å². The molecule has 0 radical (unpaired) electrons. The molecule has 3 heteroatoms. The zero-order chi connectivity index (χ0) is 12.1. The topological polar surface area (TPSA) is 15.3 Å². The minimum atomic E-state index is -0.152. The molecule has 1 aromatic carbocycles. The van der Waals surface area contributed by atoms with E-state index in [4.69, 9.17) is 0 Å². The summed E-state index contributed by atoms with van der Waals surface area (Å²) in [6.07, 6.45) is 2.22. The molecule has 1 aliphatic heterocycles. The van der Waals surface area contributed by atoms with Crippen LogP contribution in [0.5, 0.6) is 0 Å². The van der Waals surface area contributed by atoms with Crippen LogP contribution in [0.3, 0.4) is 0 Å². The van der Waals surface area contributed by atoms with Crippen molar-refractivity contribution in [2.75, 3.05) is 26.2 Å². The molecule has 0 aromatic heterocycles. The first kappa shape index (κ1) is 12.5. The van der Waals surface area contributed by atoms with Crippen molar-refractivity contribution in [1.29, 1.82) is 0 Å². The Morgan fingerprint density at radius 3 is 2.88 bits per heavy atom. The standard InChI is InChI=1S/C14H21FN2/c1-12-11-17(9-2-8-16-12)10-7-13-3-5-14(15)6-4-13/h3-6,12,16H,2,7-11H2,1H3. The fraction of sp³-hybridized carbons (Fsp3) is 0.571. The van der Waals surface area contributed by atoms with Crippen LogP contribution in [0, 0.1) is 5.82 Å². The molecule has 2 nitrogen and oxygen atoms in total. The summed E-state index contributed by atoms with van der Waals surface area (Å²) in [6, 6.07) is 7.43. The van der Waals surface area contributed by atoms with E-state index in [2.05, 4.69) is 17.1 Å². The number of benzene rings is 1. The molecular weight excluding hydrogens is 215 g/mol. The van der Waals surface area contributed by atoms with E-state index in [9.17, 15) is 4.39 Å². The first-order valence-electron chi connectivity index (χ1n) is 6.44. The van der Waals surface area contributed by atoms with Crippen molar-refractivity contribution >= 4 is 0 Å². The minimum Gasteiger partial charge on any atom is -0.313 e. The summed E-state index contributed by atoms with van der Waals surface area (Å²) in [5, 5.41) is 3.49. The second kappa shape index (κ2) is 6.12. The monoisotopic (exact) mass is 236 g/mol. The molecule has 0 spiro atoms. The van der Waals surface area contributed by atoms with Crippen LogP contribution in [0.2, 0.25) is 0 Å². The molecule has 0 aliphatic carbocycles. The Balaban J connectivity index is 1.82. The molecule has 1 unspecified atom stereocenters. The van der Waals surface area contributed by atoms with Crippen LogP contribution in [0.4, 0.5) is 4.39 Å². The normalized spacial score (nSPS) is 22.4. The second-order valence-corrected chi connectivity index (χ2v) is 4.89. The molecule has 17 heavy (non-hydrogen) atoms. The SMILES string of the molecule is CC1CN(CCc2ccc(F)cc2)CCCN1. The predicted octanol–water partition coefficient (Wildman–Crippen LogP) is 2.05. The Labute approximate surface area is 103 Å². The molecule has 1 aromatic rings. The van der Waals surface area contributed by atoms with Crippen LogP contribution in [-0.4, -0.2) is 37.1 Å². The first-order chi connectivity index (χ1) is 8.24. The number of nitrogens with zero attached hydrogens (tertiary/aromatic N) is 1. The van der Waals surface area contributed by atoms with E-state index in [1.54, 1.807) is 12.1 Å². The van der Waals surface area contributed by atoms with Gasteiger partial charge in [0, 0.05) is 19.1 Å². The minimum absolute atomic E-state index is 0.152. The zero-order valence-electron chi connectivity index (χ0n) is 10.5. The highest BCUT2D eigenvalue weighted by molar-refractivity contribution is 5.16. The van der Waals surface area contributed by atoms with Gasteiger partial charge in [0.05, 0.1) is 0 Å². The van der Waals surface area contributed by atoms with Crippen molar-refractivity contribution in [3.63, 3.8) is 0 Å². The van der Waals surface area contributed by atoms with Gasteiger partial charge in [0.25, 0.3) is 0 Å². The number of hydrogen-bond donors (Lipinski definition) is 1. The number of rotatable bonds is 3. The van der Waals surface area contributed by atoms with Crippen LogP contribution in [0.1, 0.15) is 18.9 Å². The lowest BCUT2D eigenvalue weighted by atomic mass is 10.1. The molecule has 1 saturated heterocycles. The van der Waals surface area contributed by atoms with E-state index in [1.165, 1.54) is 18.5 Å². The Morgan fingerprint density at radius 1 is 1.35 bits per heavy atom. The number of halogens is 1. The molecule has 1 heterocycles. The van der Waals surface area contributed by atoms with Gasteiger partial charge in [-0.25, -0.2) is 4.39 Å². The van der Waals surface area contributed by atoms with Gasteiger partial charge in [0.1, 0.15) is 5.82 Å². The lowest BCUT2D eigenvalue weighted by molar-refractivity contribution is 0.276. The van der Waals surface area contributed by atoms with Crippen LogP contribution in [-0.2, 0) is 6.42 Å².